The Balaban J connectivity index is 1.46. The third kappa shape index (κ3) is 6.14. The number of aromatic nitrogens is 3. The number of benzene rings is 2. The van der Waals surface area contributed by atoms with Crippen LogP contribution in [0.15, 0.2) is 60.8 Å². The van der Waals surface area contributed by atoms with Crippen molar-refractivity contribution >= 4 is 44.6 Å². The van der Waals surface area contributed by atoms with Crippen molar-refractivity contribution in [2.24, 2.45) is 11.7 Å². The van der Waals surface area contributed by atoms with Crippen molar-refractivity contribution in [1.82, 2.24) is 14.6 Å². The average molecular weight is 581 g/mol. The zero-order chi connectivity index (χ0) is 28.4. The summed E-state index contributed by atoms with van der Waals surface area (Å²) >= 11 is 6.23. The van der Waals surface area contributed by atoms with E-state index in [0.29, 0.717) is 23.6 Å². The second-order valence-corrected chi connectivity index (χ2v) is 12.6. The van der Waals surface area contributed by atoms with Gasteiger partial charge in [-0.05, 0) is 43.5 Å². The number of halogens is 1. The first-order valence-corrected chi connectivity index (χ1v) is 15.6. The van der Waals surface area contributed by atoms with E-state index in [1.807, 2.05) is 49.5 Å². The van der Waals surface area contributed by atoms with Crippen LogP contribution in [-0.2, 0) is 10.0 Å². The standard InChI is InChI=1S/C29H33ClN6O3S/c1-18-17-36-27(33-29(18)32-26(16-31)19-8-4-3-5-9-19)15-25(34-36)21-10-6-7-11-22(21)28(37)23-14-20(30)12-13-24(23)35-40(2,38)39/h3-5,8-9,12-15,17,21-22,26,35H,6-7,10-11,16,31H2,1-2H3,(H,32,33)/t21-,22?,26?/m1/s1. The second kappa shape index (κ2) is 11.6. The van der Waals surface area contributed by atoms with Gasteiger partial charge >= 0.3 is 0 Å². The highest BCUT2D eigenvalue weighted by molar-refractivity contribution is 7.92. The molecule has 0 spiro atoms. The number of Topliss-reactive ketones (excluding diaryl/α,β-unsaturated/α-hetero) is 1. The van der Waals surface area contributed by atoms with Crippen LogP contribution in [0.5, 0.6) is 0 Å². The molecule has 2 aromatic heterocycles. The zero-order valence-corrected chi connectivity index (χ0v) is 24.0. The van der Waals surface area contributed by atoms with Gasteiger partial charge in [0.1, 0.15) is 5.82 Å². The molecule has 5 rings (SSSR count). The Morgan fingerprint density at radius 3 is 2.62 bits per heavy atom. The Hall–Kier alpha value is -3.47. The van der Waals surface area contributed by atoms with E-state index in [1.165, 1.54) is 12.1 Å². The van der Waals surface area contributed by atoms with E-state index in [0.717, 1.165) is 48.2 Å². The number of carbonyl (C=O) groups excluding carboxylic acids is 1. The van der Waals surface area contributed by atoms with Gasteiger partial charge in [-0.1, -0.05) is 54.8 Å². The Labute approximate surface area is 239 Å². The topological polar surface area (TPSA) is 131 Å². The first kappa shape index (κ1) is 28.1. The normalized spacial score (nSPS) is 18.4. The van der Waals surface area contributed by atoms with Crippen molar-refractivity contribution in [3.05, 3.63) is 88.2 Å². The van der Waals surface area contributed by atoms with Gasteiger partial charge in [-0.25, -0.2) is 17.9 Å². The molecule has 4 N–H and O–H groups in total. The number of nitrogens with one attached hydrogen (secondary N) is 2. The maximum Gasteiger partial charge on any atom is 0.229 e. The number of ketones is 1. The molecule has 2 unspecified atom stereocenters. The highest BCUT2D eigenvalue weighted by atomic mass is 35.5. The van der Waals surface area contributed by atoms with Gasteiger partial charge in [0, 0.05) is 46.8 Å². The van der Waals surface area contributed by atoms with Crippen molar-refractivity contribution < 1.29 is 13.2 Å². The number of nitrogens with two attached hydrogens (primary N) is 1. The predicted molar refractivity (Wildman–Crippen MR) is 159 cm³/mol. The SMILES string of the molecule is Cc1cn2nc([C@@H]3CCCCC3C(=O)c3cc(Cl)ccc3NS(C)(=O)=O)cc2nc1NC(CN)c1ccccc1. The summed E-state index contributed by atoms with van der Waals surface area (Å²) in [7, 11) is -3.58. The number of anilines is 2. The van der Waals surface area contributed by atoms with Crippen molar-refractivity contribution in [3.63, 3.8) is 0 Å². The van der Waals surface area contributed by atoms with E-state index in [2.05, 4.69) is 10.0 Å². The molecule has 2 heterocycles. The average Bonchev–Trinajstić information content (AvgIpc) is 3.34. The van der Waals surface area contributed by atoms with Crippen LogP contribution in [0, 0.1) is 12.8 Å². The minimum atomic E-state index is -3.58. The molecule has 11 heteroatoms. The molecule has 3 atom stereocenters. The number of aryl methyl sites for hydroxylation is 1. The zero-order valence-electron chi connectivity index (χ0n) is 22.5. The Bertz CT molecular complexity index is 1640. The molecule has 0 amide bonds. The van der Waals surface area contributed by atoms with Crippen LogP contribution in [0.2, 0.25) is 5.02 Å². The number of sulfonamides is 1. The lowest BCUT2D eigenvalue weighted by molar-refractivity contribution is 0.0867. The van der Waals surface area contributed by atoms with Crippen LogP contribution in [0.1, 0.15) is 64.8 Å². The Morgan fingerprint density at radius 2 is 1.90 bits per heavy atom. The van der Waals surface area contributed by atoms with Crippen LogP contribution < -0.4 is 15.8 Å². The Kier molecular flexibility index (Phi) is 8.11. The summed E-state index contributed by atoms with van der Waals surface area (Å²) in [5, 5.41) is 8.68. The van der Waals surface area contributed by atoms with Crippen LogP contribution in [0.3, 0.4) is 0 Å². The van der Waals surface area contributed by atoms with Gasteiger partial charge in [-0.2, -0.15) is 5.10 Å². The maximum absolute atomic E-state index is 13.9. The minimum absolute atomic E-state index is 0.0926. The number of hydrogen-bond acceptors (Lipinski definition) is 7. The second-order valence-electron chi connectivity index (χ2n) is 10.4. The highest BCUT2D eigenvalue weighted by Gasteiger charge is 2.35. The van der Waals surface area contributed by atoms with Gasteiger partial charge < -0.3 is 11.1 Å². The monoisotopic (exact) mass is 580 g/mol. The summed E-state index contributed by atoms with van der Waals surface area (Å²) < 4.78 is 28.1. The first-order valence-electron chi connectivity index (χ1n) is 13.3. The van der Waals surface area contributed by atoms with Gasteiger partial charge in [0.25, 0.3) is 0 Å². The molecule has 4 aromatic rings. The van der Waals surface area contributed by atoms with E-state index in [4.69, 9.17) is 27.4 Å². The predicted octanol–water partition coefficient (Wildman–Crippen LogP) is 5.33. The molecule has 0 radical (unpaired) electrons. The largest absolute Gasteiger partial charge is 0.362 e. The summed E-state index contributed by atoms with van der Waals surface area (Å²) in [6, 6.07) is 16.5. The molecule has 2 aromatic carbocycles. The number of fused-ring (bicyclic) bond motifs is 1. The number of rotatable bonds is 9. The van der Waals surface area contributed by atoms with E-state index in [1.54, 1.807) is 10.6 Å². The van der Waals surface area contributed by atoms with Crippen molar-refractivity contribution in [1.29, 1.82) is 0 Å². The molecule has 1 saturated carbocycles. The van der Waals surface area contributed by atoms with E-state index in [-0.39, 0.29) is 34.9 Å². The lowest BCUT2D eigenvalue weighted by Gasteiger charge is -2.29. The van der Waals surface area contributed by atoms with Crippen LogP contribution in [0.4, 0.5) is 11.5 Å². The number of hydrogen-bond donors (Lipinski definition) is 3. The minimum Gasteiger partial charge on any atom is -0.362 e. The fourth-order valence-corrected chi connectivity index (χ4v) is 6.24. The van der Waals surface area contributed by atoms with Crippen molar-refractivity contribution in [3.8, 4) is 0 Å². The van der Waals surface area contributed by atoms with Crippen molar-refractivity contribution in [2.75, 3.05) is 22.8 Å². The molecule has 210 valence electrons. The number of carbonyl (C=O) groups is 1. The molecule has 0 aliphatic heterocycles. The lowest BCUT2D eigenvalue weighted by Crippen LogP contribution is -2.27. The van der Waals surface area contributed by atoms with Crippen LogP contribution in [-0.4, -0.2) is 41.6 Å². The molecule has 1 aliphatic rings. The van der Waals surface area contributed by atoms with E-state index < -0.39 is 10.0 Å². The van der Waals surface area contributed by atoms with Gasteiger partial charge in [-0.15, -0.1) is 0 Å². The summed E-state index contributed by atoms with van der Waals surface area (Å²) in [5.74, 6) is 0.0852. The molecule has 0 bridgehead atoms. The molecule has 1 aliphatic carbocycles. The fourth-order valence-electron chi connectivity index (χ4n) is 5.49. The molecular formula is C29H33ClN6O3S. The fraction of sp³-hybridized carbons (Fsp3) is 0.345. The van der Waals surface area contributed by atoms with Gasteiger partial charge in [0.05, 0.1) is 23.7 Å². The van der Waals surface area contributed by atoms with Gasteiger partial charge in [0.2, 0.25) is 10.0 Å². The smallest absolute Gasteiger partial charge is 0.229 e. The summed E-state index contributed by atoms with van der Waals surface area (Å²) in [5.41, 5.74) is 10.0. The van der Waals surface area contributed by atoms with E-state index >= 15 is 0 Å². The van der Waals surface area contributed by atoms with Crippen LogP contribution >= 0.6 is 11.6 Å². The maximum atomic E-state index is 13.9. The van der Waals surface area contributed by atoms with Gasteiger partial charge in [0.15, 0.2) is 11.4 Å². The highest BCUT2D eigenvalue weighted by Crippen LogP contribution is 2.41. The lowest BCUT2D eigenvalue weighted by atomic mass is 9.74. The molecular weight excluding hydrogens is 548 g/mol. The molecule has 1 fully saturated rings. The van der Waals surface area contributed by atoms with Crippen LogP contribution in [0.25, 0.3) is 5.65 Å². The van der Waals surface area contributed by atoms with Gasteiger partial charge in [-0.3, -0.25) is 9.52 Å². The molecule has 0 saturated heterocycles. The molecule has 9 nitrogen and oxygen atoms in total. The first-order chi connectivity index (χ1) is 19.1. The summed E-state index contributed by atoms with van der Waals surface area (Å²) in [4.78, 5) is 18.7. The third-order valence-corrected chi connectivity index (χ3v) is 8.25. The summed E-state index contributed by atoms with van der Waals surface area (Å²) in [6.45, 7) is 2.38. The molecule has 40 heavy (non-hydrogen) atoms. The van der Waals surface area contributed by atoms with E-state index in [9.17, 15) is 13.2 Å². The van der Waals surface area contributed by atoms with Crippen molar-refractivity contribution in [2.45, 2.75) is 44.6 Å². The summed E-state index contributed by atoms with van der Waals surface area (Å²) in [6.07, 6.45) is 6.34. The number of nitrogens with zero attached hydrogens (tertiary/aromatic N) is 3. The quantitative estimate of drug-likeness (QED) is 0.228. The third-order valence-electron chi connectivity index (χ3n) is 7.42. The Morgan fingerprint density at radius 1 is 1.15 bits per heavy atom.